The average Bonchev–Trinajstić information content (AvgIpc) is 4.02. The lowest BCUT2D eigenvalue weighted by atomic mass is 9.99. The van der Waals surface area contributed by atoms with Crippen molar-refractivity contribution in [1.29, 1.82) is 0 Å². The van der Waals surface area contributed by atoms with Crippen molar-refractivity contribution in [3.05, 3.63) is 72.4 Å². The van der Waals surface area contributed by atoms with E-state index in [4.69, 9.17) is 24.2 Å². The largest absolute Gasteiger partial charge is 0.453 e. The van der Waals surface area contributed by atoms with Gasteiger partial charge in [-0.1, -0.05) is 58.0 Å². The fourth-order valence-electron chi connectivity index (χ4n) is 7.65. The third-order valence-electron chi connectivity index (χ3n) is 10.9. The number of H-pyrrole nitrogens is 2. The number of morpholine rings is 1. The predicted octanol–water partition coefficient (Wildman–Crippen LogP) is 6.24. The number of benzene rings is 3. The molecule has 5 aromatic rings. The number of fused-ring (bicyclic) bond motifs is 2. The van der Waals surface area contributed by atoms with Gasteiger partial charge in [-0.3, -0.25) is 4.79 Å². The average molecular weight is 794 g/mol. The van der Waals surface area contributed by atoms with Gasteiger partial charge in [-0.15, -0.1) is 0 Å². The van der Waals surface area contributed by atoms with Crippen LogP contribution in [-0.4, -0.2) is 107 Å². The molecule has 16 nitrogen and oxygen atoms in total. The zero-order valence-electron chi connectivity index (χ0n) is 33.6. The summed E-state index contributed by atoms with van der Waals surface area (Å²) in [6, 6.07) is 17.0. The van der Waals surface area contributed by atoms with Crippen LogP contribution in [0.5, 0.6) is 0 Å². The van der Waals surface area contributed by atoms with Crippen molar-refractivity contribution in [2.75, 3.05) is 40.5 Å². The molecule has 2 aliphatic rings. The molecule has 3 aromatic carbocycles. The molecule has 0 radical (unpaired) electrons. The Labute approximate surface area is 336 Å². The molecule has 4 heterocycles. The van der Waals surface area contributed by atoms with Gasteiger partial charge in [0.2, 0.25) is 5.91 Å². The van der Waals surface area contributed by atoms with Gasteiger partial charge in [0.05, 0.1) is 56.4 Å². The summed E-state index contributed by atoms with van der Waals surface area (Å²) in [4.78, 5) is 70.9. The van der Waals surface area contributed by atoms with Crippen LogP contribution in [-0.2, 0) is 19.0 Å². The summed E-state index contributed by atoms with van der Waals surface area (Å²) in [6.45, 7) is 9.20. The number of imidazole rings is 2. The van der Waals surface area contributed by atoms with Crippen LogP contribution in [0.2, 0.25) is 0 Å². The van der Waals surface area contributed by atoms with E-state index >= 15 is 0 Å². The van der Waals surface area contributed by atoms with Crippen LogP contribution in [0.25, 0.3) is 44.2 Å². The Balaban J connectivity index is 1.06. The first-order chi connectivity index (χ1) is 27.9. The zero-order valence-corrected chi connectivity index (χ0v) is 33.6. The highest BCUT2D eigenvalue weighted by Gasteiger charge is 2.38. The van der Waals surface area contributed by atoms with E-state index < -0.39 is 30.4 Å². The number of likely N-dealkylation sites (tertiary alicyclic amines) is 1. The monoisotopic (exact) mass is 793 g/mol. The molecule has 4 atom stereocenters. The van der Waals surface area contributed by atoms with Crippen molar-refractivity contribution >= 4 is 45.9 Å². The zero-order chi connectivity index (χ0) is 41.1. The first kappa shape index (κ1) is 40.1. The van der Waals surface area contributed by atoms with Crippen LogP contribution in [0.3, 0.4) is 0 Å². The molecule has 2 saturated heterocycles. The number of urea groups is 1. The summed E-state index contributed by atoms with van der Waals surface area (Å²) in [5, 5.41) is 10.4. The summed E-state index contributed by atoms with van der Waals surface area (Å²) in [5.74, 6) is 0.990. The van der Waals surface area contributed by atoms with E-state index in [0.717, 1.165) is 57.0 Å². The number of alkyl carbamates (subject to hydrolysis) is 2. The maximum Gasteiger partial charge on any atom is 0.408 e. The summed E-state index contributed by atoms with van der Waals surface area (Å²) in [7, 11) is 2.57. The third-order valence-corrected chi connectivity index (χ3v) is 10.9. The number of methoxy groups -OCH3 is 2. The van der Waals surface area contributed by atoms with E-state index in [0.29, 0.717) is 31.3 Å². The molecule has 0 spiro atoms. The van der Waals surface area contributed by atoms with Gasteiger partial charge in [0, 0.05) is 18.7 Å². The lowest BCUT2D eigenvalue weighted by Crippen LogP contribution is -2.57. The number of hydrogen-bond acceptors (Lipinski definition) is 9. The topological polar surface area (TPSA) is 196 Å². The molecule has 0 unspecified atom stereocenters. The highest BCUT2D eigenvalue weighted by Crippen LogP contribution is 2.34. The van der Waals surface area contributed by atoms with Crippen molar-refractivity contribution in [2.24, 2.45) is 11.8 Å². The minimum absolute atomic E-state index is 0.0783. The maximum absolute atomic E-state index is 13.6. The molecule has 58 heavy (non-hydrogen) atoms. The number of nitrogens with one attached hydrogen (secondary N) is 5. The standard InChI is InChI=1S/C42H51N9O7/c1-23(2)35(47-41(54)56-5)39(52)50-15-7-8-33(50)37-43-21-32(46-37)29-12-11-25-18-26(9-10-27(25)19-29)28-13-14-30-31(20-28)45-38(44-30)34-22-58-17-16-51(34)40(53)48-36(24(3)4)49-42(55)57-6/h9-14,18-21,23-24,33-36H,7-8,15-17,22H2,1-6H3,(H,43,46)(H,44,45)(H,47,54)(H,48,53)(H,49,55)/t33-,34-,35-,36-/m0/s1. The van der Waals surface area contributed by atoms with Crippen LogP contribution in [0, 0.1) is 11.8 Å². The highest BCUT2D eigenvalue weighted by molar-refractivity contribution is 5.92. The molecule has 2 aliphatic heterocycles. The number of aromatic nitrogens is 4. The highest BCUT2D eigenvalue weighted by atomic mass is 16.5. The number of ether oxygens (including phenoxy) is 3. The van der Waals surface area contributed by atoms with E-state index in [2.05, 4.69) is 68.4 Å². The Morgan fingerprint density at radius 1 is 0.776 bits per heavy atom. The Hall–Kier alpha value is -6.16. The first-order valence-corrected chi connectivity index (χ1v) is 19.7. The first-order valence-electron chi connectivity index (χ1n) is 19.7. The number of amides is 5. The SMILES string of the molecule is COC(=O)N[C@H](NC(=O)N1CCOC[C@H]1c1nc2ccc(-c3ccc4cc(-c5cnc([C@@H]6CCCN6C(=O)[C@@H](NC(=O)OC)C(C)C)[nH]5)ccc4c3)cc2[nH]1)C(C)C. The van der Waals surface area contributed by atoms with Gasteiger partial charge in [-0.2, -0.15) is 0 Å². The number of aromatic amines is 2. The van der Waals surface area contributed by atoms with Crippen LogP contribution >= 0.6 is 0 Å². The minimum atomic E-state index is -0.697. The van der Waals surface area contributed by atoms with Crippen LogP contribution in [0.4, 0.5) is 14.4 Å². The molecular formula is C42H51N9O7. The summed E-state index contributed by atoms with van der Waals surface area (Å²) in [5.41, 5.74) is 5.47. The Morgan fingerprint density at radius 3 is 2.19 bits per heavy atom. The molecule has 306 valence electrons. The van der Waals surface area contributed by atoms with Gasteiger partial charge in [0.25, 0.3) is 0 Å². The summed E-state index contributed by atoms with van der Waals surface area (Å²) < 4.78 is 15.3. The van der Waals surface area contributed by atoms with Crippen molar-refractivity contribution < 1.29 is 33.4 Å². The quantitative estimate of drug-likeness (QED) is 0.102. The van der Waals surface area contributed by atoms with Crippen LogP contribution in [0.1, 0.15) is 64.3 Å². The molecule has 2 aromatic heterocycles. The Morgan fingerprint density at radius 2 is 1.47 bits per heavy atom. The third kappa shape index (κ3) is 8.42. The van der Waals surface area contributed by atoms with Crippen molar-refractivity contribution in [1.82, 2.24) is 45.7 Å². The number of rotatable bonds is 10. The van der Waals surface area contributed by atoms with Gasteiger partial charge in [0.15, 0.2) is 0 Å². The maximum atomic E-state index is 13.6. The number of nitrogens with zero attached hydrogens (tertiary/aromatic N) is 4. The molecule has 0 saturated carbocycles. The summed E-state index contributed by atoms with van der Waals surface area (Å²) >= 11 is 0. The molecule has 7 rings (SSSR count). The van der Waals surface area contributed by atoms with E-state index in [9.17, 15) is 19.2 Å². The number of carbonyl (C=O) groups excluding carboxylic acids is 4. The Bertz CT molecular complexity index is 2300. The number of carbonyl (C=O) groups is 4. The second kappa shape index (κ2) is 17.1. The van der Waals surface area contributed by atoms with Crippen molar-refractivity contribution in [3.63, 3.8) is 0 Å². The number of hydrogen-bond donors (Lipinski definition) is 5. The molecule has 2 fully saturated rings. The smallest absolute Gasteiger partial charge is 0.408 e. The van der Waals surface area contributed by atoms with E-state index in [1.54, 1.807) is 4.90 Å². The fourth-order valence-corrected chi connectivity index (χ4v) is 7.65. The predicted molar refractivity (Wildman–Crippen MR) is 217 cm³/mol. The second-order valence-corrected chi connectivity index (χ2v) is 15.5. The van der Waals surface area contributed by atoms with Gasteiger partial charge in [-0.25, -0.2) is 24.4 Å². The van der Waals surface area contributed by atoms with E-state index in [-0.39, 0.29) is 36.4 Å². The fraction of sp³-hybridized carbons (Fsp3) is 0.429. The van der Waals surface area contributed by atoms with Crippen molar-refractivity contribution in [2.45, 2.75) is 64.8 Å². The lowest BCUT2D eigenvalue weighted by Gasteiger charge is -2.36. The van der Waals surface area contributed by atoms with Gasteiger partial charge in [-0.05, 0) is 70.8 Å². The summed E-state index contributed by atoms with van der Waals surface area (Å²) in [6.07, 6.45) is 1.55. The molecule has 16 heteroatoms. The van der Waals surface area contributed by atoms with E-state index in [1.807, 2.05) is 50.9 Å². The molecule has 0 aliphatic carbocycles. The van der Waals surface area contributed by atoms with Crippen LogP contribution < -0.4 is 16.0 Å². The molecular weight excluding hydrogens is 743 g/mol. The van der Waals surface area contributed by atoms with Gasteiger partial charge >= 0.3 is 18.2 Å². The second-order valence-electron chi connectivity index (χ2n) is 15.5. The lowest BCUT2D eigenvalue weighted by molar-refractivity contribution is -0.135. The van der Waals surface area contributed by atoms with Crippen LogP contribution in [0.15, 0.2) is 60.8 Å². The molecule has 5 amide bonds. The normalized spacial score (nSPS) is 18.1. The molecule has 0 bridgehead atoms. The van der Waals surface area contributed by atoms with E-state index in [1.165, 1.54) is 14.2 Å². The van der Waals surface area contributed by atoms with Crippen molar-refractivity contribution in [3.8, 4) is 22.4 Å². The molecule has 5 N–H and O–H groups in total. The Kier molecular flexibility index (Phi) is 11.8. The minimum Gasteiger partial charge on any atom is -0.453 e. The van der Waals surface area contributed by atoms with Gasteiger partial charge < -0.3 is 49.9 Å². The van der Waals surface area contributed by atoms with Gasteiger partial charge in [0.1, 0.15) is 29.9 Å².